The molecule has 2 N–H and O–H groups in total. The minimum Gasteiger partial charge on any atom is -0.459 e. The molecule has 3 amide bonds. The van der Waals surface area contributed by atoms with Crippen molar-refractivity contribution in [2.24, 2.45) is 0 Å². The number of rotatable bonds is 7. The maximum atomic E-state index is 13.7. The van der Waals surface area contributed by atoms with Crippen LogP contribution in [0.1, 0.15) is 33.3 Å². The normalized spacial score (nSPS) is 13.9. The summed E-state index contributed by atoms with van der Waals surface area (Å²) in [6.45, 7) is 6.34. The number of anilines is 2. The molecule has 0 saturated heterocycles. The van der Waals surface area contributed by atoms with Crippen molar-refractivity contribution in [1.29, 1.82) is 0 Å². The van der Waals surface area contributed by atoms with Crippen molar-refractivity contribution in [2.75, 3.05) is 29.3 Å². The van der Waals surface area contributed by atoms with Gasteiger partial charge in [-0.1, -0.05) is 23.2 Å². The van der Waals surface area contributed by atoms with E-state index in [2.05, 4.69) is 10.6 Å². The Bertz CT molecular complexity index is 1340. The van der Waals surface area contributed by atoms with Crippen molar-refractivity contribution in [3.8, 4) is 0 Å². The third-order valence-corrected chi connectivity index (χ3v) is 7.78. The lowest BCUT2D eigenvalue weighted by molar-refractivity contribution is -0.152. The predicted molar refractivity (Wildman–Crippen MR) is 146 cm³/mol. The van der Waals surface area contributed by atoms with E-state index in [4.69, 9.17) is 27.9 Å². The number of hydrogen-bond donors (Lipinski definition) is 2. The van der Waals surface area contributed by atoms with E-state index in [0.29, 0.717) is 24.2 Å². The van der Waals surface area contributed by atoms with Crippen LogP contribution in [0.4, 0.5) is 16.2 Å². The van der Waals surface area contributed by atoms with E-state index >= 15 is 0 Å². The van der Waals surface area contributed by atoms with Gasteiger partial charge in [-0.05, 0) is 76.1 Å². The molecule has 10 nitrogen and oxygen atoms in total. The van der Waals surface area contributed by atoms with Crippen molar-refractivity contribution in [3.63, 3.8) is 0 Å². The monoisotopic (exact) mass is 584 g/mol. The Morgan fingerprint density at radius 3 is 2.32 bits per heavy atom. The molecule has 0 spiro atoms. The van der Waals surface area contributed by atoms with E-state index in [1.807, 2.05) is 0 Å². The molecule has 0 fully saturated rings. The van der Waals surface area contributed by atoms with Crippen LogP contribution in [0.15, 0.2) is 41.3 Å². The fraction of sp³-hybridized carbons (Fsp3) is 0.400. The van der Waals surface area contributed by atoms with Crippen LogP contribution in [0.5, 0.6) is 0 Å². The molecule has 0 radical (unpaired) electrons. The number of likely N-dealkylation sites (N-methyl/N-ethyl adjacent to an activating group) is 1. The van der Waals surface area contributed by atoms with Crippen LogP contribution < -0.4 is 19.8 Å². The summed E-state index contributed by atoms with van der Waals surface area (Å²) in [5, 5.41) is 5.35. The highest BCUT2D eigenvalue weighted by Gasteiger charge is 2.32. The Kier molecular flexibility index (Phi) is 8.85. The summed E-state index contributed by atoms with van der Waals surface area (Å²) in [5.41, 5.74) is 0.630. The molecule has 1 aliphatic rings. The standard InChI is InChI=1S/C25H30Cl2N4O6S/c1-15(23(33)28-5)29-24(34)30-9-8-16-10-19(6-7-21(16)30)31(14-22(32)37-25(2,3)4)38(35,36)20-12-17(26)11-18(27)13-20/h6-7,10-13,15H,8-9,14H2,1-5H3,(H,28,33)(H,29,34). The topological polar surface area (TPSA) is 125 Å². The number of fused-ring (bicyclic) bond motifs is 1. The first-order valence-corrected chi connectivity index (χ1v) is 13.9. The van der Waals surface area contributed by atoms with Gasteiger partial charge in [-0.15, -0.1) is 0 Å². The lowest BCUT2D eigenvalue weighted by Crippen LogP contribution is -2.49. The minimum atomic E-state index is -4.30. The van der Waals surface area contributed by atoms with Gasteiger partial charge >= 0.3 is 12.0 Å². The van der Waals surface area contributed by atoms with E-state index in [1.54, 1.807) is 39.8 Å². The Morgan fingerprint density at radius 2 is 1.74 bits per heavy atom. The average Bonchev–Trinajstić information content (AvgIpc) is 3.23. The van der Waals surface area contributed by atoms with Crippen LogP contribution in [0.3, 0.4) is 0 Å². The lowest BCUT2D eigenvalue weighted by Gasteiger charge is -2.27. The van der Waals surface area contributed by atoms with Gasteiger partial charge in [0.25, 0.3) is 10.0 Å². The van der Waals surface area contributed by atoms with Gasteiger partial charge in [0.15, 0.2) is 0 Å². The number of nitrogens with zero attached hydrogens (tertiary/aromatic N) is 2. The summed E-state index contributed by atoms with van der Waals surface area (Å²) < 4.78 is 33.7. The van der Waals surface area contributed by atoms with Crippen LogP contribution in [0.25, 0.3) is 0 Å². The van der Waals surface area contributed by atoms with Crippen molar-refractivity contribution in [3.05, 3.63) is 52.0 Å². The van der Waals surface area contributed by atoms with Gasteiger partial charge < -0.3 is 15.4 Å². The molecule has 0 bridgehead atoms. The highest BCUT2D eigenvalue weighted by Crippen LogP contribution is 2.35. The number of benzene rings is 2. The minimum absolute atomic E-state index is 0.120. The molecule has 2 aromatic rings. The summed E-state index contributed by atoms with van der Waals surface area (Å²) >= 11 is 12.1. The molecule has 1 heterocycles. The first-order chi connectivity index (χ1) is 17.6. The predicted octanol–water partition coefficient (Wildman–Crippen LogP) is 3.74. The van der Waals surface area contributed by atoms with E-state index in [9.17, 15) is 22.8 Å². The van der Waals surface area contributed by atoms with Gasteiger partial charge in [-0.3, -0.25) is 18.8 Å². The van der Waals surface area contributed by atoms with Crippen molar-refractivity contribution >= 4 is 62.5 Å². The molecule has 0 aliphatic carbocycles. The fourth-order valence-corrected chi connectivity index (χ4v) is 6.04. The summed E-state index contributed by atoms with van der Waals surface area (Å²) in [5.74, 6) is -1.09. The summed E-state index contributed by atoms with van der Waals surface area (Å²) in [4.78, 5) is 38.6. The average molecular weight is 586 g/mol. The Balaban J connectivity index is 1.98. The van der Waals surface area contributed by atoms with Gasteiger partial charge in [-0.2, -0.15) is 0 Å². The number of carbonyl (C=O) groups is 3. The molecule has 3 rings (SSSR count). The number of nitrogens with one attached hydrogen (secondary N) is 2. The number of ether oxygens (including phenoxy) is 1. The van der Waals surface area contributed by atoms with Crippen LogP contribution >= 0.6 is 23.2 Å². The third kappa shape index (κ3) is 6.89. The summed E-state index contributed by atoms with van der Waals surface area (Å²) in [6, 6.07) is 7.41. The van der Waals surface area contributed by atoms with Crippen molar-refractivity contribution in [2.45, 2.75) is 50.7 Å². The number of hydrogen-bond acceptors (Lipinski definition) is 6. The number of sulfonamides is 1. The van der Waals surface area contributed by atoms with Crippen LogP contribution in [-0.2, 0) is 30.8 Å². The molecule has 1 aliphatic heterocycles. The number of carbonyl (C=O) groups excluding carboxylic acids is 3. The van der Waals surface area contributed by atoms with Crippen LogP contribution in [0.2, 0.25) is 10.0 Å². The number of esters is 1. The zero-order chi connectivity index (χ0) is 28.4. The number of halogens is 2. The van der Waals surface area contributed by atoms with E-state index < -0.39 is 40.2 Å². The second kappa shape index (κ2) is 11.4. The molecule has 2 aromatic carbocycles. The highest BCUT2D eigenvalue weighted by atomic mass is 35.5. The van der Waals surface area contributed by atoms with Crippen LogP contribution in [-0.4, -0.2) is 58.1 Å². The van der Waals surface area contributed by atoms with Crippen LogP contribution in [0, 0.1) is 0 Å². The smallest absolute Gasteiger partial charge is 0.327 e. The number of urea groups is 1. The van der Waals surface area contributed by atoms with Gasteiger partial charge in [0.2, 0.25) is 5.91 Å². The first-order valence-electron chi connectivity index (χ1n) is 11.8. The van der Waals surface area contributed by atoms with E-state index in [0.717, 1.165) is 4.31 Å². The lowest BCUT2D eigenvalue weighted by atomic mass is 10.1. The van der Waals surface area contributed by atoms with Gasteiger partial charge in [-0.25, -0.2) is 13.2 Å². The third-order valence-electron chi connectivity index (χ3n) is 5.59. The molecule has 38 heavy (non-hydrogen) atoms. The van der Waals surface area contributed by atoms with E-state index in [1.165, 1.54) is 36.2 Å². The van der Waals surface area contributed by atoms with Crippen molar-refractivity contribution < 1.29 is 27.5 Å². The SMILES string of the molecule is CNC(=O)C(C)NC(=O)N1CCc2cc(N(CC(=O)OC(C)(C)C)S(=O)(=O)c3cc(Cl)cc(Cl)c3)ccc21. The fourth-order valence-electron chi connectivity index (χ4n) is 3.91. The Hall–Kier alpha value is -3.02. The summed E-state index contributed by atoms with van der Waals surface area (Å²) in [7, 11) is -2.82. The summed E-state index contributed by atoms with van der Waals surface area (Å²) in [6.07, 6.45) is 0.439. The largest absolute Gasteiger partial charge is 0.459 e. The quantitative estimate of drug-likeness (QED) is 0.477. The van der Waals surface area contributed by atoms with Gasteiger partial charge in [0.1, 0.15) is 18.2 Å². The molecule has 0 saturated carbocycles. The van der Waals surface area contributed by atoms with Crippen molar-refractivity contribution in [1.82, 2.24) is 10.6 Å². The molecule has 1 atom stereocenters. The molecular weight excluding hydrogens is 555 g/mol. The zero-order valence-electron chi connectivity index (χ0n) is 21.7. The second-order valence-corrected chi connectivity index (χ2v) is 12.4. The number of amides is 3. The Morgan fingerprint density at radius 1 is 1.11 bits per heavy atom. The molecule has 1 unspecified atom stereocenters. The van der Waals surface area contributed by atoms with Gasteiger partial charge in [0.05, 0.1) is 10.6 Å². The molecule has 0 aromatic heterocycles. The molecular formula is C25H30Cl2N4O6S. The first kappa shape index (κ1) is 29.5. The highest BCUT2D eigenvalue weighted by molar-refractivity contribution is 7.92. The molecule has 206 valence electrons. The maximum Gasteiger partial charge on any atom is 0.327 e. The maximum absolute atomic E-state index is 13.7. The molecule has 13 heteroatoms. The van der Waals surface area contributed by atoms with Gasteiger partial charge in [0, 0.05) is 29.3 Å². The second-order valence-electron chi connectivity index (χ2n) is 9.70. The van der Waals surface area contributed by atoms with E-state index in [-0.39, 0.29) is 26.5 Å². The Labute approximate surface area is 232 Å². The zero-order valence-corrected chi connectivity index (χ0v) is 24.0.